The number of nitrogens with zero attached hydrogens (tertiary/aromatic N) is 1. The maximum atomic E-state index is 12.8. The Morgan fingerprint density at radius 2 is 1.82 bits per heavy atom. The first-order valence-electron chi connectivity index (χ1n) is 6.33. The van der Waals surface area contributed by atoms with Crippen LogP contribution in [0.5, 0.6) is 11.5 Å². The van der Waals surface area contributed by atoms with E-state index in [4.69, 9.17) is 4.74 Å². The van der Waals surface area contributed by atoms with Crippen molar-refractivity contribution in [3.63, 3.8) is 0 Å². The van der Waals surface area contributed by atoms with Gasteiger partial charge < -0.3 is 4.74 Å². The standard InChI is InChI=1S/C16H9BrF3NO/c17-11-8-14-13(5-2-6-21-14)15(9-11)22-12-4-1-3-10(7-12)16(18,19)20/h1-9H. The topological polar surface area (TPSA) is 22.1 Å². The third-order valence-electron chi connectivity index (χ3n) is 3.04. The Hall–Kier alpha value is -2.08. The van der Waals surface area contributed by atoms with Crippen LogP contribution in [-0.2, 0) is 6.18 Å². The summed E-state index contributed by atoms with van der Waals surface area (Å²) in [6.45, 7) is 0. The summed E-state index contributed by atoms with van der Waals surface area (Å²) in [5, 5.41) is 0.725. The van der Waals surface area contributed by atoms with Gasteiger partial charge in [-0.3, -0.25) is 4.98 Å². The summed E-state index contributed by atoms with van der Waals surface area (Å²) in [6.07, 6.45) is -2.76. The first kappa shape index (κ1) is 14.8. The number of pyridine rings is 1. The first-order valence-corrected chi connectivity index (χ1v) is 7.12. The van der Waals surface area contributed by atoms with Gasteiger partial charge in [0.25, 0.3) is 0 Å². The van der Waals surface area contributed by atoms with Crippen LogP contribution in [-0.4, -0.2) is 4.98 Å². The molecule has 22 heavy (non-hydrogen) atoms. The number of aromatic nitrogens is 1. The molecule has 0 unspecified atom stereocenters. The van der Waals surface area contributed by atoms with Gasteiger partial charge >= 0.3 is 6.18 Å². The summed E-state index contributed by atoms with van der Waals surface area (Å²) in [7, 11) is 0. The average molecular weight is 368 g/mol. The monoisotopic (exact) mass is 367 g/mol. The summed E-state index contributed by atoms with van der Waals surface area (Å²) in [4.78, 5) is 4.21. The summed E-state index contributed by atoms with van der Waals surface area (Å²) in [6, 6.07) is 11.8. The second-order valence-corrected chi connectivity index (χ2v) is 5.52. The van der Waals surface area contributed by atoms with Crippen molar-refractivity contribution in [2.45, 2.75) is 6.18 Å². The van der Waals surface area contributed by atoms with Crippen molar-refractivity contribution in [1.82, 2.24) is 4.98 Å². The van der Waals surface area contributed by atoms with Crippen molar-refractivity contribution in [2.24, 2.45) is 0 Å². The van der Waals surface area contributed by atoms with Gasteiger partial charge in [-0.25, -0.2) is 0 Å². The van der Waals surface area contributed by atoms with E-state index in [-0.39, 0.29) is 5.75 Å². The fourth-order valence-corrected chi connectivity index (χ4v) is 2.49. The minimum atomic E-state index is -4.40. The second-order valence-electron chi connectivity index (χ2n) is 4.60. The number of hydrogen-bond donors (Lipinski definition) is 0. The molecule has 0 spiro atoms. The number of hydrogen-bond acceptors (Lipinski definition) is 2. The molecule has 1 aromatic heterocycles. The number of fused-ring (bicyclic) bond motifs is 1. The Balaban J connectivity index is 2.04. The predicted octanol–water partition coefficient (Wildman–Crippen LogP) is 5.81. The largest absolute Gasteiger partial charge is 0.457 e. The predicted molar refractivity (Wildman–Crippen MR) is 81.0 cm³/mol. The van der Waals surface area contributed by atoms with Gasteiger partial charge in [0.2, 0.25) is 0 Å². The van der Waals surface area contributed by atoms with E-state index >= 15 is 0 Å². The normalized spacial score (nSPS) is 11.6. The zero-order chi connectivity index (χ0) is 15.7. The quantitative estimate of drug-likeness (QED) is 0.570. The fraction of sp³-hybridized carbons (Fsp3) is 0.0625. The number of halogens is 4. The maximum Gasteiger partial charge on any atom is 0.416 e. The van der Waals surface area contributed by atoms with Crippen LogP contribution in [0.3, 0.4) is 0 Å². The maximum absolute atomic E-state index is 12.8. The SMILES string of the molecule is FC(F)(F)c1cccc(Oc2cc(Br)cc3ncccc23)c1. The van der Waals surface area contributed by atoms with Gasteiger partial charge in [0, 0.05) is 16.1 Å². The molecule has 0 aliphatic heterocycles. The van der Waals surface area contributed by atoms with Crippen molar-refractivity contribution < 1.29 is 17.9 Å². The molecule has 0 amide bonds. The summed E-state index contributed by atoms with van der Waals surface area (Å²) in [5.74, 6) is 0.565. The molecule has 6 heteroatoms. The van der Waals surface area contributed by atoms with Gasteiger partial charge in [-0.05, 0) is 42.5 Å². The van der Waals surface area contributed by atoms with E-state index in [1.807, 2.05) is 6.07 Å². The Morgan fingerprint density at radius 3 is 2.59 bits per heavy atom. The van der Waals surface area contributed by atoms with Crippen molar-refractivity contribution in [2.75, 3.05) is 0 Å². The first-order chi connectivity index (χ1) is 10.4. The molecular weight excluding hydrogens is 359 g/mol. The number of rotatable bonds is 2. The van der Waals surface area contributed by atoms with Crippen LogP contribution >= 0.6 is 15.9 Å². The number of benzene rings is 2. The van der Waals surface area contributed by atoms with E-state index < -0.39 is 11.7 Å². The van der Waals surface area contributed by atoms with Gasteiger partial charge in [0.05, 0.1) is 11.1 Å². The lowest BCUT2D eigenvalue weighted by molar-refractivity contribution is -0.137. The summed E-state index contributed by atoms with van der Waals surface area (Å²) < 4.78 is 44.6. The third-order valence-corrected chi connectivity index (χ3v) is 3.49. The van der Waals surface area contributed by atoms with Crippen molar-refractivity contribution in [3.05, 3.63) is 64.8 Å². The number of ether oxygens (including phenoxy) is 1. The van der Waals surface area contributed by atoms with Crippen LogP contribution in [0.25, 0.3) is 10.9 Å². The van der Waals surface area contributed by atoms with Crippen molar-refractivity contribution in [1.29, 1.82) is 0 Å². The van der Waals surface area contributed by atoms with E-state index in [0.29, 0.717) is 11.3 Å². The van der Waals surface area contributed by atoms with Crippen LogP contribution in [0.15, 0.2) is 59.2 Å². The Kier molecular flexibility index (Phi) is 3.78. The van der Waals surface area contributed by atoms with Crippen LogP contribution in [0, 0.1) is 0 Å². The van der Waals surface area contributed by atoms with Gasteiger partial charge in [-0.15, -0.1) is 0 Å². The van der Waals surface area contributed by atoms with Crippen molar-refractivity contribution in [3.8, 4) is 11.5 Å². The molecule has 0 N–H and O–H groups in total. The molecule has 1 heterocycles. The van der Waals surface area contributed by atoms with Crippen LogP contribution < -0.4 is 4.74 Å². The Bertz CT molecular complexity index is 833. The third kappa shape index (κ3) is 3.06. The molecule has 2 aromatic carbocycles. The molecule has 0 saturated heterocycles. The molecule has 0 fully saturated rings. The fourth-order valence-electron chi connectivity index (χ4n) is 2.06. The van der Waals surface area contributed by atoms with E-state index in [1.54, 1.807) is 24.4 Å². The van der Waals surface area contributed by atoms with Crippen LogP contribution in [0.2, 0.25) is 0 Å². The van der Waals surface area contributed by atoms with E-state index in [1.165, 1.54) is 12.1 Å². The molecule has 0 aliphatic carbocycles. The molecule has 0 radical (unpaired) electrons. The highest BCUT2D eigenvalue weighted by atomic mass is 79.9. The molecule has 0 atom stereocenters. The molecule has 3 aromatic rings. The minimum Gasteiger partial charge on any atom is -0.457 e. The van der Waals surface area contributed by atoms with Crippen LogP contribution in [0.1, 0.15) is 5.56 Å². The molecule has 2 nitrogen and oxygen atoms in total. The van der Waals surface area contributed by atoms with Gasteiger partial charge in [0.15, 0.2) is 0 Å². The summed E-state index contributed by atoms with van der Waals surface area (Å²) in [5.41, 5.74) is -0.0544. The highest BCUT2D eigenvalue weighted by Crippen LogP contribution is 2.35. The highest BCUT2D eigenvalue weighted by Gasteiger charge is 2.30. The van der Waals surface area contributed by atoms with E-state index in [9.17, 15) is 13.2 Å². The lowest BCUT2D eigenvalue weighted by atomic mass is 10.2. The Morgan fingerprint density at radius 1 is 1.00 bits per heavy atom. The van der Waals surface area contributed by atoms with Crippen molar-refractivity contribution >= 4 is 26.8 Å². The Labute approximate surface area is 132 Å². The zero-order valence-corrected chi connectivity index (χ0v) is 12.6. The lowest BCUT2D eigenvalue weighted by Gasteiger charge is -2.12. The second kappa shape index (κ2) is 5.61. The van der Waals surface area contributed by atoms with Gasteiger partial charge in [-0.2, -0.15) is 13.2 Å². The average Bonchev–Trinajstić information content (AvgIpc) is 2.46. The lowest BCUT2D eigenvalue weighted by Crippen LogP contribution is -2.04. The molecule has 3 rings (SSSR count). The van der Waals surface area contributed by atoms with E-state index in [2.05, 4.69) is 20.9 Å². The molecule has 0 bridgehead atoms. The minimum absolute atomic E-state index is 0.123. The van der Waals surface area contributed by atoms with Crippen LogP contribution in [0.4, 0.5) is 13.2 Å². The van der Waals surface area contributed by atoms with Gasteiger partial charge in [-0.1, -0.05) is 22.0 Å². The van der Waals surface area contributed by atoms with Gasteiger partial charge in [0.1, 0.15) is 11.5 Å². The number of alkyl halides is 3. The smallest absolute Gasteiger partial charge is 0.416 e. The molecule has 112 valence electrons. The molecule has 0 saturated carbocycles. The molecular formula is C16H9BrF3NO. The zero-order valence-electron chi connectivity index (χ0n) is 11.1. The highest BCUT2D eigenvalue weighted by molar-refractivity contribution is 9.10. The summed E-state index contributed by atoms with van der Waals surface area (Å²) >= 11 is 3.34. The van der Waals surface area contributed by atoms with E-state index in [0.717, 1.165) is 22.0 Å². The molecule has 0 aliphatic rings.